The van der Waals surface area contributed by atoms with Gasteiger partial charge in [0.05, 0.1) is 30.8 Å². The summed E-state index contributed by atoms with van der Waals surface area (Å²) in [6.07, 6.45) is -5.96. The number of nitrogens with one attached hydrogen (secondary N) is 1. The quantitative estimate of drug-likeness (QED) is 0.490. The van der Waals surface area contributed by atoms with Crippen molar-refractivity contribution in [2.24, 2.45) is 5.92 Å². The van der Waals surface area contributed by atoms with Gasteiger partial charge in [-0.25, -0.2) is 4.39 Å². The highest BCUT2D eigenvalue weighted by molar-refractivity contribution is 5.95. The monoisotopic (exact) mass is 544 g/mol. The van der Waals surface area contributed by atoms with E-state index in [0.717, 1.165) is 26.2 Å². The molecule has 38 heavy (non-hydrogen) atoms. The Hall–Kier alpha value is -2.83. The Labute approximate surface area is 216 Å². The fourth-order valence-corrected chi connectivity index (χ4v) is 5.14. The number of pyridine rings is 1. The van der Waals surface area contributed by atoms with E-state index in [1.807, 2.05) is 6.92 Å². The summed E-state index contributed by atoms with van der Waals surface area (Å²) in [7, 11) is 1.06. The number of amides is 1. The molecule has 2 saturated heterocycles. The molecule has 0 saturated carbocycles. The molecule has 1 aromatic heterocycles. The lowest BCUT2D eigenvalue weighted by Crippen LogP contribution is -2.47. The Bertz CT molecular complexity index is 1210. The number of alkyl halides is 3. The summed E-state index contributed by atoms with van der Waals surface area (Å²) in [4.78, 5) is 17.6. The predicted octanol–water partition coefficient (Wildman–Crippen LogP) is 5.66. The van der Waals surface area contributed by atoms with E-state index in [0.29, 0.717) is 5.69 Å². The van der Waals surface area contributed by atoms with Crippen LogP contribution in [-0.4, -0.2) is 47.8 Å². The van der Waals surface area contributed by atoms with Crippen LogP contribution in [0, 0.1) is 17.6 Å². The summed E-state index contributed by atoms with van der Waals surface area (Å²) in [6, 6.07) is 5.01. The highest BCUT2D eigenvalue weighted by atomic mass is 19.4. The number of hydrogen-bond donors (Lipinski definition) is 1. The van der Waals surface area contributed by atoms with E-state index < -0.39 is 64.9 Å². The molecule has 2 fully saturated rings. The lowest BCUT2D eigenvalue weighted by Gasteiger charge is -2.32. The van der Waals surface area contributed by atoms with Gasteiger partial charge < -0.3 is 24.3 Å². The van der Waals surface area contributed by atoms with E-state index in [9.17, 15) is 26.7 Å². The molecule has 3 heterocycles. The number of carbonyl (C=O) groups excluding carboxylic acids is 1. The van der Waals surface area contributed by atoms with E-state index in [1.54, 1.807) is 19.9 Å². The van der Waals surface area contributed by atoms with Crippen LogP contribution in [0.15, 0.2) is 30.5 Å². The molecule has 208 valence electrons. The first-order chi connectivity index (χ1) is 17.6. The molecule has 4 rings (SSSR count). The summed E-state index contributed by atoms with van der Waals surface area (Å²) < 4.78 is 92.6. The fraction of sp³-hybridized carbons (Fsp3) is 0.538. The van der Waals surface area contributed by atoms with Gasteiger partial charge in [-0.1, -0.05) is 13.0 Å². The van der Waals surface area contributed by atoms with Crippen LogP contribution < -0.4 is 10.1 Å². The zero-order chi connectivity index (χ0) is 28.2. The van der Waals surface area contributed by atoms with Crippen LogP contribution in [0.4, 0.5) is 27.6 Å². The number of methoxy groups -OCH3 is 1. The molecule has 2 aliphatic rings. The molecular formula is C26H29F5N2O5. The van der Waals surface area contributed by atoms with E-state index in [1.165, 1.54) is 19.2 Å². The maximum absolute atomic E-state index is 14.5. The molecule has 0 bridgehead atoms. The third-order valence-electron chi connectivity index (χ3n) is 7.22. The molecule has 0 aliphatic carbocycles. The molecule has 2 aromatic rings. The van der Waals surface area contributed by atoms with Gasteiger partial charge in [0.1, 0.15) is 12.2 Å². The Morgan fingerprint density at radius 2 is 1.74 bits per heavy atom. The Balaban J connectivity index is 1.64. The first kappa shape index (κ1) is 28.2. The largest absolute Gasteiger partial charge is 0.493 e. The summed E-state index contributed by atoms with van der Waals surface area (Å²) in [5.41, 5.74) is -2.13. The van der Waals surface area contributed by atoms with Crippen LogP contribution in [0.1, 0.15) is 57.9 Å². The summed E-state index contributed by atoms with van der Waals surface area (Å²) >= 11 is 0. The number of aromatic nitrogens is 1. The zero-order valence-electron chi connectivity index (χ0n) is 21.7. The summed E-state index contributed by atoms with van der Waals surface area (Å²) in [5, 5.41) is 2.53. The minimum Gasteiger partial charge on any atom is -0.493 e. The van der Waals surface area contributed by atoms with Gasteiger partial charge in [-0.05, 0) is 45.9 Å². The van der Waals surface area contributed by atoms with Gasteiger partial charge in [-0.3, -0.25) is 9.78 Å². The van der Waals surface area contributed by atoms with Gasteiger partial charge in [-0.15, -0.1) is 0 Å². The highest BCUT2D eigenvalue weighted by Gasteiger charge is 2.66. The molecule has 1 aromatic carbocycles. The molecule has 12 heteroatoms. The van der Waals surface area contributed by atoms with Crippen molar-refractivity contribution >= 4 is 11.6 Å². The van der Waals surface area contributed by atoms with Gasteiger partial charge in [0.25, 0.3) is 5.91 Å². The summed E-state index contributed by atoms with van der Waals surface area (Å²) in [6.45, 7) is 7.45. The SMILES string of the molecule is COc1c(C2C(C(=O)Nc3ccc([C@@H]4OC(C)(C)O[C@H]4C)nc3)OC(C)(C(F)(F)F)C2C)ccc(F)c1F. The smallest absolute Gasteiger partial charge is 0.417 e. The van der Waals surface area contributed by atoms with Crippen molar-refractivity contribution in [1.82, 2.24) is 4.98 Å². The van der Waals surface area contributed by atoms with Crippen molar-refractivity contribution in [2.75, 3.05) is 12.4 Å². The number of halogens is 5. The minimum atomic E-state index is -4.86. The number of benzene rings is 1. The Morgan fingerprint density at radius 3 is 2.26 bits per heavy atom. The van der Waals surface area contributed by atoms with Gasteiger partial charge in [0.2, 0.25) is 5.82 Å². The second-order valence-corrected chi connectivity index (χ2v) is 10.2. The first-order valence-corrected chi connectivity index (χ1v) is 12.0. The Morgan fingerprint density at radius 1 is 1.05 bits per heavy atom. The van der Waals surface area contributed by atoms with Crippen molar-refractivity contribution < 1.29 is 45.7 Å². The normalized spacial score (nSPS) is 30.9. The topological polar surface area (TPSA) is 78.9 Å². The van der Waals surface area contributed by atoms with Crippen molar-refractivity contribution in [2.45, 2.75) is 76.4 Å². The molecule has 4 unspecified atom stereocenters. The van der Waals surface area contributed by atoms with Crippen LogP contribution >= 0.6 is 0 Å². The molecule has 1 amide bonds. The van der Waals surface area contributed by atoms with Crippen molar-refractivity contribution in [1.29, 1.82) is 0 Å². The van der Waals surface area contributed by atoms with Crippen molar-refractivity contribution in [3.8, 4) is 5.75 Å². The van der Waals surface area contributed by atoms with E-state index in [-0.39, 0.29) is 17.4 Å². The number of nitrogens with zero attached hydrogens (tertiary/aromatic N) is 1. The third kappa shape index (κ3) is 4.85. The lowest BCUT2D eigenvalue weighted by molar-refractivity contribution is -0.272. The summed E-state index contributed by atoms with van der Waals surface area (Å²) in [5.74, 6) is -7.57. The average molecular weight is 545 g/mol. The van der Waals surface area contributed by atoms with Crippen LogP contribution in [0.25, 0.3) is 0 Å². The van der Waals surface area contributed by atoms with Gasteiger partial charge in [-0.2, -0.15) is 17.6 Å². The average Bonchev–Trinajstić information content (AvgIpc) is 3.27. The maximum atomic E-state index is 14.5. The molecule has 7 nitrogen and oxygen atoms in total. The lowest BCUT2D eigenvalue weighted by atomic mass is 9.77. The Kier molecular flexibility index (Phi) is 7.21. The number of anilines is 1. The van der Waals surface area contributed by atoms with Crippen LogP contribution in [0.5, 0.6) is 5.75 Å². The second-order valence-electron chi connectivity index (χ2n) is 10.2. The first-order valence-electron chi connectivity index (χ1n) is 12.0. The van der Waals surface area contributed by atoms with Crippen LogP contribution in [0.3, 0.4) is 0 Å². The van der Waals surface area contributed by atoms with Crippen LogP contribution in [0.2, 0.25) is 0 Å². The zero-order valence-corrected chi connectivity index (χ0v) is 21.7. The molecule has 0 radical (unpaired) electrons. The molecular weight excluding hydrogens is 515 g/mol. The number of carbonyl (C=O) groups is 1. The molecule has 0 spiro atoms. The minimum absolute atomic E-state index is 0.115. The van der Waals surface area contributed by atoms with E-state index in [2.05, 4.69) is 10.3 Å². The van der Waals surface area contributed by atoms with Gasteiger partial charge >= 0.3 is 6.18 Å². The second kappa shape index (κ2) is 9.73. The van der Waals surface area contributed by atoms with Gasteiger partial charge in [0, 0.05) is 17.4 Å². The number of ether oxygens (including phenoxy) is 4. The molecule has 6 atom stereocenters. The number of hydrogen-bond acceptors (Lipinski definition) is 6. The number of rotatable bonds is 5. The molecule has 2 aliphatic heterocycles. The predicted molar refractivity (Wildman–Crippen MR) is 125 cm³/mol. The third-order valence-corrected chi connectivity index (χ3v) is 7.22. The van der Waals surface area contributed by atoms with E-state index in [4.69, 9.17) is 18.9 Å². The fourth-order valence-electron chi connectivity index (χ4n) is 5.14. The molecule has 1 N–H and O–H groups in total. The van der Waals surface area contributed by atoms with E-state index >= 15 is 0 Å². The standard InChI is InChI=1S/C26H29F5N2O5/c1-12-18(15-8-9-16(27)19(28)21(15)35-6)22(38-25(12,5)26(29,30)31)23(34)33-14-7-10-17(32-11-14)20-13(2)36-24(3,4)37-20/h7-13,18,20,22H,1-6H3,(H,33,34)/t12?,13-,18?,20+,22?,25?/m0/s1. The van der Waals surface area contributed by atoms with Crippen molar-refractivity contribution in [3.05, 3.63) is 53.4 Å². The van der Waals surface area contributed by atoms with Crippen LogP contribution in [-0.2, 0) is 19.0 Å². The van der Waals surface area contributed by atoms with Gasteiger partial charge in [0.15, 0.2) is 23.0 Å². The van der Waals surface area contributed by atoms with Crippen molar-refractivity contribution in [3.63, 3.8) is 0 Å². The highest BCUT2D eigenvalue weighted by Crippen LogP contribution is 2.55. The maximum Gasteiger partial charge on any atom is 0.417 e.